The van der Waals surface area contributed by atoms with Gasteiger partial charge in [-0.25, -0.2) is 4.39 Å². The van der Waals surface area contributed by atoms with Crippen molar-refractivity contribution in [3.63, 3.8) is 0 Å². The fourth-order valence-electron chi connectivity index (χ4n) is 1.23. The molecule has 0 saturated heterocycles. The summed E-state index contributed by atoms with van der Waals surface area (Å²) >= 11 is 0. The number of aromatic nitrogens is 1. The predicted octanol–water partition coefficient (Wildman–Crippen LogP) is 2.37. The van der Waals surface area contributed by atoms with Crippen LogP contribution in [0.5, 0.6) is 0 Å². The summed E-state index contributed by atoms with van der Waals surface area (Å²) in [6.07, 6.45) is 0. The van der Waals surface area contributed by atoms with E-state index in [0.717, 1.165) is 0 Å². The normalized spacial score (nSPS) is 10.1. The molecule has 0 fully saturated rings. The zero-order valence-electron chi connectivity index (χ0n) is 8.53. The maximum Gasteiger partial charge on any atom is 0.277 e. The number of hydrogen-bond donors (Lipinski definition) is 1. The number of anilines is 1. The van der Waals surface area contributed by atoms with Crippen molar-refractivity contribution in [2.45, 2.75) is 6.92 Å². The summed E-state index contributed by atoms with van der Waals surface area (Å²) in [6, 6.07) is 7.14. The Morgan fingerprint density at radius 3 is 2.88 bits per heavy atom. The fraction of sp³-hybridized carbons (Fsp3) is 0.0909. The number of nitrogens with zero attached hydrogens (tertiary/aromatic N) is 1. The molecular weight excluding hydrogens is 211 g/mol. The maximum absolute atomic E-state index is 12.8. The quantitative estimate of drug-likeness (QED) is 0.845. The van der Waals surface area contributed by atoms with Crippen LogP contribution in [0.4, 0.5) is 10.1 Å². The Balaban J connectivity index is 2.13. The van der Waals surface area contributed by atoms with Crippen molar-refractivity contribution < 1.29 is 13.7 Å². The number of hydrogen-bond acceptors (Lipinski definition) is 3. The van der Waals surface area contributed by atoms with E-state index in [1.165, 1.54) is 24.3 Å². The highest BCUT2D eigenvalue weighted by Gasteiger charge is 2.10. The lowest BCUT2D eigenvalue weighted by molar-refractivity contribution is 0.101. The summed E-state index contributed by atoms with van der Waals surface area (Å²) in [6.45, 7) is 1.69. The molecule has 0 aliphatic heterocycles. The van der Waals surface area contributed by atoms with E-state index in [2.05, 4.69) is 10.5 Å². The highest BCUT2D eigenvalue weighted by atomic mass is 19.1. The molecule has 1 aromatic heterocycles. The van der Waals surface area contributed by atoms with Crippen LogP contribution in [0.1, 0.15) is 16.2 Å². The van der Waals surface area contributed by atoms with E-state index in [9.17, 15) is 9.18 Å². The van der Waals surface area contributed by atoms with E-state index < -0.39 is 11.7 Å². The molecule has 1 heterocycles. The van der Waals surface area contributed by atoms with Gasteiger partial charge in [0.25, 0.3) is 5.91 Å². The Kier molecular flexibility index (Phi) is 2.68. The summed E-state index contributed by atoms with van der Waals surface area (Å²) in [7, 11) is 0. The van der Waals surface area contributed by atoms with E-state index in [4.69, 9.17) is 4.52 Å². The molecule has 0 aliphatic rings. The van der Waals surface area contributed by atoms with Crippen molar-refractivity contribution in [1.29, 1.82) is 0 Å². The molecule has 5 heteroatoms. The second kappa shape index (κ2) is 4.14. The van der Waals surface area contributed by atoms with Gasteiger partial charge in [0.1, 0.15) is 11.6 Å². The lowest BCUT2D eigenvalue weighted by Crippen LogP contribution is -2.12. The fourth-order valence-corrected chi connectivity index (χ4v) is 1.23. The second-order valence-corrected chi connectivity index (χ2v) is 3.29. The van der Waals surface area contributed by atoms with E-state index in [1.807, 2.05) is 0 Å². The van der Waals surface area contributed by atoms with Crippen LogP contribution in [-0.2, 0) is 0 Å². The lowest BCUT2D eigenvalue weighted by atomic mass is 10.3. The van der Waals surface area contributed by atoms with Crippen molar-refractivity contribution in [2.24, 2.45) is 0 Å². The largest absolute Gasteiger partial charge is 0.361 e. The molecule has 0 spiro atoms. The SMILES string of the molecule is Cc1cc(C(=O)Nc2cccc(F)c2)no1. The number of carbonyl (C=O) groups excluding carboxylic acids is 1. The van der Waals surface area contributed by atoms with Crippen LogP contribution in [0.15, 0.2) is 34.9 Å². The van der Waals surface area contributed by atoms with Gasteiger partial charge < -0.3 is 9.84 Å². The summed E-state index contributed by atoms with van der Waals surface area (Å²) < 4.78 is 17.6. The minimum atomic E-state index is -0.428. The van der Waals surface area contributed by atoms with Crippen LogP contribution in [0.3, 0.4) is 0 Å². The molecule has 1 aromatic carbocycles. The van der Waals surface area contributed by atoms with Gasteiger partial charge in [0, 0.05) is 11.8 Å². The average Bonchev–Trinajstić information content (AvgIpc) is 2.65. The molecule has 0 atom stereocenters. The number of nitrogens with one attached hydrogen (secondary N) is 1. The highest BCUT2D eigenvalue weighted by molar-refractivity contribution is 6.02. The molecule has 4 nitrogen and oxygen atoms in total. The first-order chi connectivity index (χ1) is 7.65. The summed E-state index contributed by atoms with van der Waals surface area (Å²) in [4.78, 5) is 11.6. The molecule has 0 saturated carbocycles. The highest BCUT2D eigenvalue weighted by Crippen LogP contribution is 2.11. The van der Waals surface area contributed by atoms with Crippen molar-refractivity contribution >= 4 is 11.6 Å². The Hall–Kier alpha value is -2.17. The monoisotopic (exact) mass is 220 g/mol. The van der Waals surface area contributed by atoms with Gasteiger partial charge in [-0.2, -0.15) is 0 Å². The summed E-state index contributed by atoms with van der Waals surface area (Å²) in [5.74, 6) is -0.291. The molecule has 0 bridgehead atoms. The molecule has 0 radical (unpaired) electrons. The van der Waals surface area contributed by atoms with Gasteiger partial charge in [-0.1, -0.05) is 11.2 Å². The molecule has 2 rings (SSSR count). The number of carbonyl (C=O) groups is 1. The Morgan fingerprint density at radius 1 is 1.44 bits per heavy atom. The standard InChI is InChI=1S/C11H9FN2O2/c1-7-5-10(14-16-7)11(15)13-9-4-2-3-8(12)6-9/h2-6H,1H3,(H,13,15). The van der Waals surface area contributed by atoms with Gasteiger partial charge in [-0.05, 0) is 25.1 Å². The molecule has 2 aromatic rings. The topological polar surface area (TPSA) is 55.1 Å². The summed E-state index contributed by atoms with van der Waals surface area (Å²) in [5, 5.41) is 6.06. The first kappa shape index (κ1) is 10.4. The van der Waals surface area contributed by atoms with Crippen LogP contribution in [0.25, 0.3) is 0 Å². The van der Waals surface area contributed by atoms with Crippen LogP contribution in [0.2, 0.25) is 0 Å². The zero-order valence-corrected chi connectivity index (χ0v) is 8.53. The van der Waals surface area contributed by atoms with E-state index in [0.29, 0.717) is 11.4 Å². The van der Waals surface area contributed by atoms with E-state index in [-0.39, 0.29) is 5.69 Å². The molecular formula is C11H9FN2O2. The second-order valence-electron chi connectivity index (χ2n) is 3.29. The number of benzene rings is 1. The lowest BCUT2D eigenvalue weighted by Gasteiger charge is -2.01. The van der Waals surface area contributed by atoms with E-state index >= 15 is 0 Å². The van der Waals surface area contributed by atoms with Crippen molar-refractivity contribution in [3.05, 3.63) is 47.6 Å². The third kappa shape index (κ3) is 2.25. The molecule has 1 amide bonds. The van der Waals surface area contributed by atoms with Crippen molar-refractivity contribution in [3.8, 4) is 0 Å². The van der Waals surface area contributed by atoms with Gasteiger partial charge in [0.2, 0.25) is 0 Å². The molecule has 0 aliphatic carbocycles. The minimum absolute atomic E-state index is 0.168. The van der Waals surface area contributed by atoms with Gasteiger partial charge in [0.05, 0.1) is 0 Å². The Bertz CT molecular complexity index is 522. The van der Waals surface area contributed by atoms with Gasteiger partial charge in [0.15, 0.2) is 5.69 Å². The number of amides is 1. The van der Waals surface area contributed by atoms with Crippen molar-refractivity contribution in [2.75, 3.05) is 5.32 Å². The van der Waals surface area contributed by atoms with Gasteiger partial charge >= 0.3 is 0 Å². The van der Waals surface area contributed by atoms with Crippen LogP contribution >= 0.6 is 0 Å². The molecule has 16 heavy (non-hydrogen) atoms. The number of halogens is 1. The van der Waals surface area contributed by atoms with E-state index in [1.54, 1.807) is 13.0 Å². The van der Waals surface area contributed by atoms with Gasteiger partial charge in [-0.15, -0.1) is 0 Å². The Morgan fingerprint density at radius 2 is 2.25 bits per heavy atom. The molecule has 82 valence electrons. The van der Waals surface area contributed by atoms with Crippen LogP contribution < -0.4 is 5.32 Å². The average molecular weight is 220 g/mol. The maximum atomic E-state index is 12.8. The third-order valence-corrected chi connectivity index (χ3v) is 1.94. The number of rotatable bonds is 2. The summed E-state index contributed by atoms with van der Waals surface area (Å²) in [5.41, 5.74) is 0.549. The predicted molar refractivity (Wildman–Crippen MR) is 55.6 cm³/mol. The molecule has 1 N–H and O–H groups in total. The smallest absolute Gasteiger partial charge is 0.277 e. The van der Waals surface area contributed by atoms with Crippen LogP contribution in [-0.4, -0.2) is 11.1 Å². The van der Waals surface area contributed by atoms with Crippen LogP contribution in [0, 0.1) is 12.7 Å². The Labute approximate surface area is 91.1 Å². The van der Waals surface area contributed by atoms with Crippen molar-refractivity contribution in [1.82, 2.24) is 5.16 Å². The first-order valence-electron chi connectivity index (χ1n) is 4.65. The minimum Gasteiger partial charge on any atom is -0.361 e. The van der Waals surface area contributed by atoms with Gasteiger partial charge in [-0.3, -0.25) is 4.79 Å². The first-order valence-corrected chi connectivity index (χ1v) is 4.65. The number of aryl methyl sites for hydroxylation is 1. The zero-order chi connectivity index (χ0) is 11.5. The third-order valence-electron chi connectivity index (χ3n) is 1.94. The molecule has 0 unspecified atom stereocenters.